The Morgan fingerprint density at radius 3 is 2.26 bits per heavy atom. The van der Waals surface area contributed by atoms with Crippen LogP contribution in [0, 0.1) is 17.2 Å². The van der Waals surface area contributed by atoms with Crippen molar-refractivity contribution in [2.75, 3.05) is 32.7 Å². The highest BCUT2D eigenvalue weighted by Crippen LogP contribution is 2.19. The Hall–Kier alpha value is -0.590. The van der Waals surface area contributed by atoms with Crippen molar-refractivity contribution in [3.05, 3.63) is 0 Å². The van der Waals surface area contributed by atoms with E-state index in [1.165, 1.54) is 32.2 Å². The molecule has 0 saturated carbocycles. The van der Waals surface area contributed by atoms with Crippen LogP contribution >= 0.6 is 0 Å². The third kappa shape index (κ3) is 5.12. The second-order valence-electron chi connectivity index (χ2n) is 6.37. The van der Waals surface area contributed by atoms with E-state index in [0.717, 1.165) is 32.1 Å². The molecule has 0 aromatic rings. The van der Waals surface area contributed by atoms with Crippen LogP contribution in [0.5, 0.6) is 0 Å². The number of piperazine rings is 1. The van der Waals surface area contributed by atoms with Gasteiger partial charge in [-0.25, -0.2) is 0 Å². The first-order chi connectivity index (χ1) is 9.03. The van der Waals surface area contributed by atoms with Crippen molar-refractivity contribution >= 4 is 0 Å². The molecule has 0 amide bonds. The maximum absolute atomic E-state index is 9.19. The Balaban J connectivity index is 2.35. The van der Waals surface area contributed by atoms with Gasteiger partial charge in [0.25, 0.3) is 0 Å². The van der Waals surface area contributed by atoms with Crippen LogP contribution in [0.4, 0.5) is 0 Å². The van der Waals surface area contributed by atoms with E-state index in [4.69, 9.17) is 0 Å². The van der Waals surface area contributed by atoms with E-state index >= 15 is 0 Å². The summed E-state index contributed by atoms with van der Waals surface area (Å²) in [5, 5.41) is 9.19. The zero-order chi connectivity index (χ0) is 14.3. The van der Waals surface area contributed by atoms with Crippen LogP contribution in [0.15, 0.2) is 0 Å². The minimum atomic E-state index is -0.307. The van der Waals surface area contributed by atoms with E-state index in [1.807, 2.05) is 13.8 Å². The van der Waals surface area contributed by atoms with Crippen molar-refractivity contribution in [1.29, 1.82) is 5.26 Å². The van der Waals surface area contributed by atoms with Gasteiger partial charge in [-0.2, -0.15) is 5.26 Å². The van der Waals surface area contributed by atoms with Crippen LogP contribution < -0.4 is 0 Å². The predicted octanol–water partition coefficient (Wildman–Crippen LogP) is 3.12. The molecule has 1 fully saturated rings. The summed E-state index contributed by atoms with van der Waals surface area (Å²) >= 11 is 0. The van der Waals surface area contributed by atoms with Crippen molar-refractivity contribution in [1.82, 2.24) is 9.80 Å². The van der Waals surface area contributed by atoms with E-state index in [1.54, 1.807) is 0 Å². The van der Waals surface area contributed by atoms with Gasteiger partial charge in [0.15, 0.2) is 0 Å². The highest BCUT2D eigenvalue weighted by atomic mass is 15.3. The summed E-state index contributed by atoms with van der Waals surface area (Å²) in [4.78, 5) is 4.91. The van der Waals surface area contributed by atoms with Gasteiger partial charge in [0, 0.05) is 32.7 Å². The molecule has 0 spiro atoms. The summed E-state index contributed by atoms with van der Waals surface area (Å²) in [6.45, 7) is 14.2. The highest BCUT2D eigenvalue weighted by Gasteiger charge is 2.29. The van der Waals surface area contributed by atoms with Gasteiger partial charge >= 0.3 is 0 Å². The van der Waals surface area contributed by atoms with Crippen LogP contribution in [0.1, 0.15) is 53.4 Å². The lowest BCUT2D eigenvalue weighted by atomic mass is 9.98. The molecule has 0 bridgehead atoms. The lowest BCUT2D eigenvalue weighted by Crippen LogP contribution is -2.54. The van der Waals surface area contributed by atoms with Gasteiger partial charge in [-0.1, -0.05) is 33.1 Å². The molecular weight excluding hydrogens is 234 g/mol. The molecule has 0 N–H and O–H groups in total. The molecule has 110 valence electrons. The first kappa shape index (κ1) is 16.5. The smallest absolute Gasteiger partial charge is 0.103 e. The SMILES string of the molecule is CCCCC(CC)CN1CCN(C(C)(C)C#N)CC1. The molecule has 0 aromatic heterocycles. The van der Waals surface area contributed by atoms with Crippen molar-refractivity contribution in [3.63, 3.8) is 0 Å². The molecule has 1 atom stereocenters. The van der Waals surface area contributed by atoms with Crippen molar-refractivity contribution < 1.29 is 0 Å². The van der Waals surface area contributed by atoms with Gasteiger partial charge in [0.05, 0.1) is 6.07 Å². The molecule has 1 aliphatic heterocycles. The lowest BCUT2D eigenvalue weighted by molar-refractivity contribution is 0.0700. The predicted molar refractivity (Wildman–Crippen MR) is 81.0 cm³/mol. The number of hydrogen-bond donors (Lipinski definition) is 0. The molecule has 3 heteroatoms. The van der Waals surface area contributed by atoms with Gasteiger partial charge in [0.1, 0.15) is 5.54 Å². The zero-order valence-electron chi connectivity index (χ0n) is 13.3. The van der Waals surface area contributed by atoms with E-state index in [2.05, 4.69) is 29.7 Å². The first-order valence-corrected chi connectivity index (χ1v) is 7.92. The maximum Gasteiger partial charge on any atom is 0.103 e. The van der Waals surface area contributed by atoms with Crippen molar-refractivity contribution in [2.45, 2.75) is 58.9 Å². The fourth-order valence-electron chi connectivity index (χ4n) is 2.84. The summed E-state index contributed by atoms with van der Waals surface area (Å²) in [6, 6.07) is 2.41. The molecule has 1 unspecified atom stereocenters. The highest BCUT2D eigenvalue weighted by molar-refractivity contribution is 5.02. The average Bonchev–Trinajstić information content (AvgIpc) is 2.44. The van der Waals surface area contributed by atoms with Gasteiger partial charge in [-0.3, -0.25) is 4.90 Å². The Morgan fingerprint density at radius 2 is 1.79 bits per heavy atom. The third-order valence-corrected chi connectivity index (χ3v) is 4.50. The largest absolute Gasteiger partial charge is 0.301 e. The Bertz CT molecular complexity index is 285. The Morgan fingerprint density at radius 1 is 1.16 bits per heavy atom. The summed E-state index contributed by atoms with van der Waals surface area (Å²) in [5.74, 6) is 0.857. The van der Waals surface area contributed by atoms with Crippen LogP contribution in [0.25, 0.3) is 0 Å². The molecule has 0 aromatic carbocycles. The van der Waals surface area contributed by atoms with Gasteiger partial charge < -0.3 is 4.90 Å². The lowest BCUT2D eigenvalue weighted by Gasteiger charge is -2.41. The second-order valence-corrected chi connectivity index (χ2v) is 6.37. The second kappa shape index (κ2) is 7.87. The Kier molecular flexibility index (Phi) is 6.82. The molecule has 1 heterocycles. The molecule has 19 heavy (non-hydrogen) atoms. The fourth-order valence-corrected chi connectivity index (χ4v) is 2.84. The number of hydrogen-bond acceptors (Lipinski definition) is 3. The van der Waals surface area contributed by atoms with Crippen LogP contribution in [0.3, 0.4) is 0 Å². The maximum atomic E-state index is 9.19. The molecule has 1 aliphatic rings. The minimum absolute atomic E-state index is 0.307. The molecule has 3 nitrogen and oxygen atoms in total. The molecular formula is C16H31N3. The number of rotatable bonds is 7. The third-order valence-electron chi connectivity index (χ3n) is 4.50. The van der Waals surface area contributed by atoms with E-state index in [-0.39, 0.29) is 5.54 Å². The number of unbranched alkanes of at least 4 members (excludes halogenated alkanes) is 1. The zero-order valence-corrected chi connectivity index (χ0v) is 13.3. The quantitative estimate of drug-likeness (QED) is 0.708. The molecule has 0 aliphatic carbocycles. The normalized spacial score (nSPS) is 20.2. The number of nitriles is 1. The summed E-state index contributed by atoms with van der Waals surface area (Å²) in [7, 11) is 0. The Labute approximate surface area is 119 Å². The molecule has 1 saturated heterocycles. The van der Waals surface area contributed by atoms with Crippen molar-refractivity contribution in [2.24, 2.45) is 5.92 Å². The minimum Gasteiger partial charge on any atom is -0.301 e. The summed E-state index contributed by atoms with van der Waals surface area (Å²) in [6.07, 6.45) is 5.33. The van der Waals surface area contributed by atoms with E-state index < -0.39 is 0 Å². The summed E-state index contributed by atoms with van der Waals surface area (Å²) in [5.41, 5.74) is -0.307. The van der Waals surface area contributed by atoms with E-state index in [0.29, 0.717) is 0 Å². The van der Waals surface area contributed by atoms with Crippen molar-refractivity contribution in [3.8, 4) is 6.07 Å². The van der Waals surface area contributed by atoms with Crippen LogP contribution in [-0.4, -0.2) is 48.1 Å². The van der Waals surface area contributed by atoms with Gasteiger partial charge in [-0.05, 0) is 26.2 Å². The topological polar surface area (TPSA) is 30.3 Å². The number of nitrogens with zero attached hydrogens (tertiary/aromatic N) is 3. The first-order valence-electron chi connectivity index (χ1n) is 7.92. The van der Waals surface area contributed by atoms with E-state index in [9.17, 15) is 5.26 Å². The van der Waals surface area contributed by atoms with Gasteiger partial charge in [-0.15, -0.1) is 0 Å². The summed E-state index contributed by atoms with van der Waals surface area (Å²) < 4.78 is 0. The average molecular weight is 265 g/mol. The molecule has 1 rings (SSSR count). The monoisotopic (exact) mass is 265 g/mol. The van der Waals surface area contributed by atoms with Crippen LogP contribution in [0.2, 0.25) is 0 Å². The fraction of sp³-hybridized carbons (Fsp3) is 0.938. The van der Waals surface area contributed by atoms with Crippen LogP contribution in [-0.2, 0) is 0 Å². The molecule has 0 radical (unpaired) electrons. The standard InChI is InChI=1S/C16H31N3/c1-5-7-8-15(6-2)13-18-9-11-19(12-10-18)16(3,4)14-17/h15H,5-13H2,1-4H3. The van der Waals surface area contributed by atoms with Gasteiger partial charge in [0.2, 0.25) is 0 Å².